The molecule has 2 N–H and O–H groups in total. The molecule has 0 spiro atoms. The zero-order valence-corrected chi connectivity index (χ0v) is 14.4. The summed E-state index contributed by atoms with van der Waals surface area (Å²) in [6, 6.07) is 0. The third-order valence-corrected chi connectivity index (χ3v) is 3.98. The Labute approximate surface area is 133 Å². The number of aromatic nitrogens is 2. The second kappa shape index (κ2) is 8.51. The average molecular weight is 362 g/mol. The van der Waals surface area contributed by atoms with Gasteiger partial charge in [-0.2, -0.15) is 5.10 Å². The Bertz CT molecular complexity index is 503. The van der Waals surface area contributed by atoms with Crippen molar-refractivity contribution in [2.24, 2.45) is 0 Å². The van der Waals surface area contributed by atoms with Crippen LogP contribution in [-0.4, -0.2) is 40.7 Å². The van der Waals surface area contributed by atoms with Crippen molar-refractivity contribution in [3.8, 4) is 0 Å². The predicted octanol–water partition coefficient (Wildman–Crippen LogP) is 2.01. The number of methoxy groups -OCH3 is 1. The Morgan fingerprint density at radius 1 is 1.57 bits per heavy atom. The monoisotopic (exact) mass is 361 g/mol. The Morgan fingerprint density at radius 3 is 2.90 bits per heavy atom. The molecule has 0 bridgehead atoms. The van der Waals surface area contributed by atoms with Crippen molar-refractivity contribution in [2.75, 3.05) is 25.6 Å². The van der Waals surface area contributed by atoms with Crippen molar-refractivity contribution in [2.45, 2.75) is 45.3 Å². The lowest BCUT2D eigenvalue weighted by Crippen LogP contribution is -2.35. The van der Waals surface area contributed by atoms with Gasteiger partial charge in [-0.1, -0.05) is 13.3 Å². The maximum atomic E-state index is 12.1. The Balaban J connectivity index is 2.72. The number of aliphatic hydroxyl groups is 1. The number of ether oxygens (including phenoxy) is 1. The van der Waals surface area contributed by atoms with E-state index in [0.29, 0.717) is 36.3 Å². The molecule has 0 fully saturated rings. The van der Waals surface area contributed by atoms with E-state index in [9.17, 15) is 9.90 Å². The fourth-order valence-corrected chi connectivity index (χ4v) is 2.20. The van der Waals surface area contributed by atoms with Crippen LogP contribution in [0, 0.1) is 0 Å². The van der Waals surface area contributed by atoms with Crippen molar-refractivity contribution in [1.82, 2.24) is 9.78 Å². The number of nitrogens with one attached hydrogen (secondary N) is 1. The van der Waals surface area contributed by atoms with Crippen LogP contribution in [0.1, 0.15) is 33.1 Å². The van der Waals surface area contributed by atoms with Gasteiger partial charge in [-0.05, 0) is 29.3 Å². The van der Waals surface area contributed by atoms with Gasteiger partial charge in [-0.15, -0.1) is 0 Å². The topological polar surface area (TPSA) is 76.4 Å². The summed E-state index contributed by atoms with van der Waals surface area (Å²) in [5, 5.41) is 17.4. The van der Waals surface area contributed by atoms with Gasteiger partial charge in [0.1, 0.15) is 4.47 Å². The number of aryl methyl sites for hydroxylation is 1. The summed E-state index contributed by atoms with van der Waals surface area (Å²) in [5.74, 6) is 0. The number of nitrogens with zero attached hydrogens (tertiary/aromatic N) is 2. The van der Waals surface area contributed by atoms with E-state index >= 15 is 0 Å². The molecule has 0 aliphatic heterocycles. The van der Waals surface area contributed by atoms with Crippen molar-refractivity contribution >= 4 is 21.6 Å². The zero-order valence-electron chi connectivity index (χ0n) is 12.9. The van der Waals surface area contributed by atoms with Gasteiger partial charge in [-0.3, -0.25) is 4.79 Å². The number of anilines is 1. The van der Waals surface area contributed by atoms with Gasteiger partial charge in [0.25, 0.3) is 5.56 Å². The third-order valence-electron chi connectivity index (χ3n) is 3.21. The van der Waals surface area contributed by atoms with E-state index in [1.165, 1.54) is 4.68 Å². The maximum Gasteiger partial charge on any atom is 0.283 e. The van der Waals surface area contributed by atoms with E-state index in [1.807, 2.05) is 0 Å². The van der Waals surface area contributed by atoms with Crippen molar-refractivity contribution in [3.63, 3.8) is 0 Å². The molecule has 6 nitrogen and oxygen atoms in total. The number of rotatable bonds is 9. The van der Waals surface area contributed by atoms with Crippen LogP contribution in [0.4, 0.5) is 5.69 Å². The van der Waals surface area contributed by atoms with E-state index in [0.717, 1.165) is 12.8 Å². The van der Waals surface area contributed by atoms with Crippen LogP contribution in [0.15, 0.2) is 15.5 Å². The van der Waals surface area contributed by atoms with E-state index < -0.39 is 5.60 Å². The molecule has 0 aliphatic carbocycles. The minimum atomic E-state index is -0.910. The molecule has 0 saturated carbocycles. The molecule has 0 saturated heterocycles. The molecular formula is C14H24BrN3O3. The first-order valence-corrected chi connectivity index (χ1v) is 7.91. The van der Waals surface area contributed by atoms with Crippen LogP contribution in [0.2, 0.25) is 0 Å². The van der Waals surface area contributed by atoms with Gasteiger partial charge in [0.05, 0.1) is 17.5 Å². The van der Waals surface area contributed by atoms with E-state index in [4.69, 9.17) is 4.74 Å². The van der Waals surface area contributed by atoms with Crippen LogP contribution in [0.3, 0.4) is 0 Å². The molecule has 1 aromatic heterocycles. The van der Waals surface area contributed by atoms with Gasteiger partial charge >= 0.3 is 0 Å². The van der Waals surface area contributed by atoms with Gasteiger partial charge in [0, 0.05) is 33.2 Å². The van der Waals surface area contributed by atoms with Crippen LogP contribution >= 0.6 is 15.9 Å². The first-order chi connectivity index (χ1) is 9.91. The smallest absolute Gasteiger partial charge is 0.283 e. The van der Waals surface area contributed by atoms with Crippen molar-refractivity contribution < 1.29 is 9.84 Å². The summed E-state index contributed by atoms with van der Waals surface area (Å²) in [5.41, 5.74) is -0.484. The second-order valence-electron chi connectivity index (χ2n) is 5.35. The van der Waals surface area contributed by atoms with Gasteiger partial charge in [0.15, 0.2) is 0 Å². The summed E-state index contributed by atoms with van der Waals surface area (Å²) < 4.78 is 6.85. The second-order valence-corrected chi connectivity index (χ2v) is 6.14. The number of unbranched alkanes of at least 4 members (excludes halogenated alkanes) is 1. The SMILES string of the molecule is CCCCn1ncc(NCC(C)(O)CCOC)c(Br)c1=O. The summed E-state index contributed by atoms with van der Waals surface area (Å²) in [6.07, 6.45) is 4.04. The lowest BCUT2D eigenvalue weighted by atomic mass is 10.0. The predicted molar refractivity (Wildman–Crippen MR) is 86.7 cm³/mol. The molecule has 120 valence electrons. The highest BCUT2D eigenvalue weighted by Gasteiger charge is 2.20. The Kier molecular flexibility index (Phi) is 7.34. The quantitative estimate of drug-likeness (QED) is 0.703. The van der Waals surface area contributed by atoms with Crippen molar-refractivity contribution in [3.05, 3.63) is 21.0 Å². The van der Waals surface area contributed by atoms with E-state index in [2.05, 4.69) is 33.3 Å². The number of hydrogen-bond acceptors (Lipinski definition) is 5. The fraction of sp³-hybridized carbons (Fsp3) is 0.714. The molecule has 1 unspecified atom stereocenters. The lowest BCUT2D eigenvalue weighted by molar-refractivity contribution is 0.0357. The Morgan fingerprint density at radius 2 is 2.29 bits per heavy atom. The van der Waals surface area contributed by atoms with Crippen molar-refractivity contribution in [1.29, 1.82) is 0 Å². The van der Waals surface area contributed by atoms with Crippen LogP contribution in [0.5, 0.6) is 0 Å². The lowest BCUT2D eigenvalue weighted by Gasteiger charge is -2.24. The average Bonchev–Trinajstić information content (AvgIpc) is 2.46. The molecule has 0 radical (unpaired) electrons. The van der Waals surface area contributed by atoms with E-state index in [1.54, 1.807) is 20.2 Å². The van der Waals surface area contributed by atoms with E-state index in [-0.39, 0.29) is 5.56 Å². The molecular weight excluding hydrogens is 338 g/mol. The standard InChI is InChI=1S/C14H24BrN3O3/c1-4-5-7-18-13(19)12(15)11(9-17-18)16-10-14(2,20)6-8-21-3/h9,16,20H,4-8,10H2,1-3H3. The first kappa shape index (κ1) is 18.1. The highest BCUT2D eigenvalue weighted by Crippen LogP contribution is 2.18. The molecule has 7 heteroatoms. The third kappa shape index (κ3) is 5.76. The molecule has 1 heterocycles. The van der Waals surface area contributed by atoms with Gasteiger partial charge in [-0.25, -0.2) is 4.68 Å². The van der Waals surface area contributed by atoms with Crippen LogP contribution in [-0.2, 0) is 11.3 Å². The maximum absolute atomic E-state index is 12.1. The van der Waals surface area contributed by atoms with Gasteiger partial charge in [0.2, 0.25) is 0 Å². The molecule has 1 atom stereocenters. The highest BCUT2D eigenvalue weighted by atomic mass is 79.9. The Hall–Kier alpha value is -0.920. The van der Waals surface area contributed by atoms with Gasteiger partial charge < -0.3 is 15.2 Å². The number of hydrogen-bond donors (Lipinski definition) is 2. The number of halogens is 1. The molecule has 1 aromatic rings. The summed E-state index contributed by atoms with van der Waals surface area (Å²) in [4.78, 5) is 12.1. The molecule has 21 heavy (non-hydrogen) atoms. The molecule has 0 aliphatic rings. The molecule has 0 aromatic carbocycles. The fourth-order valence-electron chi connectivity index (χ4n) is 1.75. The minimum Gasteiger partial charge on any atom is -0.388 e. The normalized spacial score (nSPS) is 14.0. The van der Waals surface area contributed by atoms with Crippen LogP contribution in [0.25, 0.3) is 0 Å². The first-order valence-electron chi connectivity index (χ1n) is 7.12. The highest BCUT2D eigenvalue weighted by molar-refractivity contribution is 9.10. The molecule has 0 amide bonds. The zero-order chi connectivity index (χ0) is 15.9. The largest absolute Gasteiger partial charge is 0.388 e. The molecule has 1 rings (SSSR count). The summed E-state index contributed by atoms with van der Waals surface area (Å²) in [6.45, 7) is 5.20. The summed E-state index contributed by atoms with van der Waals surface area (Å²) in [7, 11) is 1.60. The summed E-state index contributed by atoms with van der Waals surface area (Å²) >= 11 is 3.30. The van der Waals surface area contributed by atoms with Crippen LogP contribution < -0.4 is 10.9 Å². The minimum absolute atomic E-state index is 0.162.